The zero-order valence-electron chi connectivity index (χ0n) is 15.9. The summed E-state index contributed by atoms with van der Waals surface area (Å²) >= 11 is 0. The molecule has 1 amide bonds. The lowest BCUT2D eigenvalue weighted by Gasteiger charge is -2.17. The maximum Gasteiger partial charge on any atom is 0.236 e. The molecule has 0 unspecified atom stereocenters. The number of carbonyl (C=O) groups excluding carboxylic acids is 1. The second-order valence-corrected chi connectivity index (χ2v) is 9.69. The van der Waals surface area contributed by atoms with Crippen LogP contribution in [0.2, 0.25) is 0 Å². The van der Waals surface area contributed by atoms with Gasteiger partial charge in [0.2, 0.25) is 11.8 Å². The van der Waals surface area contributed by atoms with Crippen LogP contribution in [0.15, 0.2) is 40.0 Å². The topological polar surface area (TPSA) is 111 Å². The van der Waals surface area contributed by atoms with E-state index in [0.717, 1.165) is 16.7 Å². The average Bonchev–Trinajstić information content (AvgIpc) is 3.43. The Balaban J connectivity index is 1.44. The Kier molecular flexibility index (Phi) is 3.89. The molecule has 3 aromatic rings. The fourth-order valence-electron chi connectivity index (χ4n) is 4.25. The van der Waals surface area contributed by atoms with Gasteiger partial charge in [0.15, 0.2) is 15.7 Å². The number of rotatable bonds is 3. The number of carbonyl (C=O) groups is 1. The van der Waals surface area contributed by atoms with Crippen LogP contribution in [0.3, 0.4) is 0 Å². The third-order valence-corrected chi connectivity index (χ3v) is 7.90. The number of amides is 1. The fourth-order valence-corrected chi connectivity index (χ4v) is 6.42. The summed E-state index contributed by atoms with van der Waals surface area (Å²) in [6.45, 7) is 2.22. The monoisotopic (exact) mass is 413 g/mol. The van der Waals surface area contributed by atoms with E-state index < -0.39 is 15.1 Å². The molecule has 1 saturated heterocycles. The summed E-state index contributed by atoms with van der Waals surface area (Å²) in [5, 5.41) is 7.26. The SMILES string of the molecule is Cc1noc(CC(=O)N2C[C@@H]3c4cc(-c5cnn(C)c5)ccc4S(=O)(=O)[C@@H]3C2)n1. The Labute approximate surface area is 167 Å². The first-order valence-corrected chi connectivity index (χ1v) is 10.8. The minimum atomic E-state index is -3.48. The molecule has 150 valence electrons. The number of sulfone groups is 1. The van der Waals surface area contributed by atoms with Crippen LogP contribution in [0, 0.1) is 6.92 Å². The normalized spacial score (nSPS) is 21.9. The molecular weight excluding hydrogens is 394 g/mol. The van der Waals surface area contributed by atoms with Gasteiger partial charge in [0.1, 0.15) is 6.42 Å². The van der Waals surface area contributed by atoms with Crippen molar-refractivity contribution < 1.29 is 17.7 Å². The highest BCUT2D eigenvalue weighted by molar-refractivity contribution is 7.92. The minimum absolute atomic E-state index is 0.0249. The van der Waals surface area contributed by atoms with E-state index in [4.69, 9.17) is 4.52 Å². The van der Waals surface area contributed by atoms with Gasteiger partial charge in [0, 0.05) is 37.8 Å². The summed E-state index contributed by atoms with van der Waals surface area (Å²) in [4.78, 5) is 18.7. The lowest BCUT2D eigenvalue weighted by molar-refractivity contribution is -0.129. The van der Waals surface area contributed by atoms with Crippen LogP contribution in [0.1, 0.15) is 23.2 Å². The van der Waals surface area contributed by atoms with E-state index in [9.17, 15) is 13.2 Å². The van der Waals surface area contributed by atoms with Crippen LogP contribution in [-0.2, 0) is 28.1 Å². The van der Waals surface area contributed by atoms with E-state index in [1.807, 2.05) is 25.4 Å². The number of fused-ring (bicyclic) bond motifs is 3. The molecule has 2 atom stereocenters. The second kappa shape index (κ2) is 6.24. The number of nitrogens with zero attached hydrogens (tertiary/aromatic N) is 5. The summed E-state index contributed by atoms with van der Waals surface area (Å²) in [5.41, 5.74) is 2.62. The maximum atomic E-state index is 13.1. The first-order valence-electron chi connectivity index (χ1n) is 9.27. The predicted octanol–water partition coefficient (Wildman–Crippen LogP) is 1.10. The molecule has 2 aliphatic heterocycles. The zero-order valence-corrected chi connectivity index (χ0v) is 16.8. The van der Waals surface area contributed by atoms with Gasteiger partial charge in [-0.25, -0.2) is 8.42 Å². The molecule has 2 aromatic heterocycles. The van der Waals surface area contributed by atoms with Crippen molar-refractivity contribution in [1.29, 1.82) is 0 Å². The molecule has 9 nitrogen and oxygen atoms in total. The summed E-state index contributed by atoms with van der Waals surface area (Å²) in [6.07, 6.45) is 3.61. The quantitative estimate of drug-likeness (QED) is 0.632. The molecule has 0 radical (unpaired) electrons. The van der Waals surface area contributed by atoms with Crippen molar-refractivity contribution in [1.82, 2.24) is 24.8 Å². The molecule has 0 spiro atoms. The standard InChI is InChI=1S/C19H19N5O4S/c1-11-21-18(28-22-11)6-19(25)24-9-15-14-5-12(13-7-20-23(2)8-13)3-4-16(14)29(26,27)17(15)10-24/h3-5,7-8,15,17H,6,9-10H2,1-2H3/t15-,17-/m1/s1. The molecule has 29 heavy (non-hydrogen) atoms. The number of hydrogen-bond donors (Lipinski definition) is 0. The van der Waals surface area contributed by atoms with Crippen LogP contribution >= 0.6 is 0 Å². The molecule has 4 heterocycles. The summed E-state index contributed by atoms with van der Waals surface area (Å²) in [6, 6.07) is 5.41. The molecule has 10 heteroatoms. The number of likely N-dealkylation sites (tertiary alicyclic amines) is 1. The Bertz CT molecular complexity index is 1230. The van der Waals surface area contributed by atoms with E-state index >= 15 is 0 Å². The van der Waals surface area contributed by atoms with Crippen LogP contribution in [0.5, 0.6) is 0 Å². The van der Waals surface area contributed by atoms with E-state index in [1.54, 1.807) is 28.8 Å². The fraction of sp³-hybridized carbons (Fsp3) is 0.368. The van der Waals surface area contributed by atoms with Crippen LogP contribution in [-0.4, -0.2) is 57.5 Å². The highest BCUT2D eigenvalue weighted by atomic mass is 32.2. The Morgan fingerprint density at radius 3 is 2.79 bits per heavy atom. The predicted molar refractivity (Wildman–Crippen MR) is 102 cm³/mol. The van der Waals surface area contributed by atoms with Crippen molar-refractivity contribution in [3.63, 3.8) is 0 Å². The van der Waals surface area contributed by atoms with Gasteiger partial charge in [-0.1, -0.05) is 11.2 Å². The smallest absolute Gasteiger partial charge is 0.236 e. The van der Waals surface area contributed by atoms with Crippen molar-refractivity contribution >= 4 is 15.7 Å². The van der Waals surface area contributed by atoms with Crippen LogP contribution in [0.4, 0.5) is 0 Å². The molecule has 2 aliphatic rings. The number of hydrogen-bond acceptors (Lipinski definition) is 7. The molecule has 1 aromatic carbocycles. The van der Waals surface area contributed by atoms with Gasteiger partial charge in [0.05, 0.1) is 16.3 Å². The minimum Gasteiger partial charge on any atom is -0.340 e. The van der Waals surface area contributed by atoms with Gasteiger partial charge in [-0.15, -0.1) is 0 Å². The number of aromatic nitrogens is 4. The van der Waals surface area contributed by atoms with Crippen molar-refractivity contribution in [3.8, 4) is 11.1 Å². The maximum absolute atomic E-state index is 13.1. The largest absolute Gasteiger partial charge is 0.340 e. The highest BCUT2D eigenvalue weighted by Gasteiger charge is 2.51. The zero-order chi connectivity index (χ0) is 20.3. The number of benzene rings is 1. The second-order valence-electron chi connectivity index (χ2n) is 7.56. The molecular formula is C19H19N5O4S. The average molecular weight is 413 g/mol. The first kappa shape index (κ1) is 18.0. The van der Waals surface area contributed by atoms with Gasteiger partial charge >= 0.3 is 0 Å². The molecule has 5 rings (SSSR count). The molecule has 0 N–H and O–H groups in total. The molecule has 1 fully saturated rings. The highest BCUT2D eigenvalue weighted by Crippen LogP contribution is 2.46. The van der Waals surface area contributed by atoms with Gasteiger partial charge in [0.25, 0.3) is 0 Å². The Morgan fingerprint density at radius 2 is 2.10 bits per heavy atom. The van der Waals surface area contributed by atoms with Crippen molar-refractivity contribution in [2.24, 2.45) is 7.05 Å². The van der Waals surface area contributed by atoms with E-state index in [2.05, 4.69) is 15.2 Å². The van der Waals surface area contributed by atoms with Crippen molar-refractivity contribution in [3.05, 3.63) is 47.9 Å². The van der Waals surface area contributed by atoms with Gasteiger partial charge < -0.3 is 9.42 Å². The lowest BCUT2D eigenvalue weighted by atomic mass is 9.95. The van der Waals surface area contributed by atoms with Crippen LogP contribution < -0.4 is 0 Å². The Morgan fingerprint density at radius 1 is 1.28 bits per heavy atom. The van der Waals surface area contributed by atoms with Gasteiger partial charge in [-0.2, -0.15) is 10.1 Å². The van der Waals surface area contributed by atoms with Crippen molar-refractivity contribution in [2.75, 3.05) is 13.1 Å². The third-order valence-electron chi connectivity index (χ3n) is 5.64. The van der Waals surface area contributed by atoms with Crippen molar-refractivity contribution in [2.45, 2.75) is 29.4 Å². The lowest BCUT2D eigenvalue weighted by Crippen LogP contribution is -2.32. The van der Waals surface area contributed by atoms with Crippen LogP contribution in [0.25, 0.3) is 11.1 Å². The van der Waals surface area contributed by atoms with E-state index in [1.165, 1.54) is 0 Å². The summed E-state index contributed by atoms with van der Waals surface area (Å²) < 4.78 is 32.8. The molecule has 0 aliphatic carbocycles. The summed E-state index contributed by atoms with van der Waals surface area (Å²) in [5.74, 6) is 0.264. The molecule has 0 saturated carbocycles. The third kappa shape index (κ3) is 2.86. The summed E-state index contributed by atoms with van der Waals surface area (Å²) in [7, 11) is -1.64. The first-order chi connectivity index (χ1) is 13.8. The van der Waals surface area contributed by atoms with Gasteiger partial charge in [-0.3, -0.25) is 9.48 Å². The van der Waals surface area contributed by atoms with E-state index in [-0.39, 0.29) is 30.7 Å². The van der Waals surface area contributed by atoms with Gasteiger partial charge in [-0.05, 0) is 30.2 Å². The molecule has 0 bridgehead atoms. The number of aryl methyl sites for hydroxylation is 2. The Hall–Kier alpha value is -3.01. The van der Waals surface area contributed by atoms with E-state index in [0.29, 0.717) is 17.3 Å².